The monoisotopic (exact) mass is 324 g/mol. The number of ether oxygens (including phenoxy) is 2. The lowest BCUT2D eigenvalue weighted by molar-refractivity contribution is -0.151. The molecule has 0 unspecified atom stereocenters. The maximum Gasteiger partial charge on any atom is 0.246 e. The molecule has 1 saturated heterocycles. The van der Waals surface area contributed by atoms with Gasteiger partial charge in [-0.25, -0.2) is 4.98 Å². The lowest BCUT2D eigenvalue weighted by Gasteiger charge is -2.31. The average Bonchev–Trinajstić information content (AvgIpc) is 2.96. The summed E-state index contributed by atoms with van der Waals surface area (Å²) in [5, 5.41) is 1.01. The first-order valence-electron chi connectivity index (χ1n) is 7.41. The highest BCUT2D eigenvalue weighted by Gasteiger charge is 2.38. The molecule has 1 aliphatic rings. The summed E-state index contributed by atoms with van der Waals surface area (Å²) in [5.41, 5.74) is 0.973. The summed E-state index contributed by atoms with van der Waals surface area (Å²) in [6, 6.07) is -0.103. The molecular formula is C16H24N2O3S. The van der Waals surface area contributed by atoms with E-state index in [0.717, 1.165) is 15.6 Å². The molecule has 0 aliphatic carbocycles. The number of aryl methyl sites for hydroxylation is 2. The Labute approximate surface area is 135 Å². The number of amides is 1. The first kappa shape index (κ1) is 17.1. The van der Waals surface area contributed by atoms with E-state index in [-0.39, 0.29) is 18.1 Å². The van der Waals surface area contributed by atoms with Crippen molar-refractivity contribution < 1.29 is 14.3 Å². The van der Waals surface area contributed by atoms with Crippen molar-refractivity contribution in [2.75, 3.05) is 6.61 Å². The second-order valence-corrected chi connectivity index (χ2v) is 7.31. The van der Waals surface area contributed by atoms with Crippen molar-refractivity contribution in [2.24, 2.45) is 0 Å². The largest absolute Gasteiger partial charge is 0.348 e. The zero-order valence-corrected chi connectivity index (χ0v) is 14.7. The van der Waals surface area contributed by atoms with Crippen molar-refractivity contribution in [3.63, 3.8) is 0 Å². The molecule has 0 N–H and O–H groups in total. The van der Waals surface area contributed by atoms with Crippen LogP contribution >= 0.6 is 11.3 Å². The number of nitrogens with zero attached hydrogens (tertiary/aromatic N) is 2. The number of rotatable bonds is 5. The molecule has 2 rings (SSSR count). The minimum atomic E-state index is -0.598. The lowest BCUT2D eigenvalue weighted by Crippen LogP contribution is -2.45. The van der Waals surface area contributed by atoms with Crippen molar-refractivity contribution in [1.29, 1.82) is 0 Å². The molecule has 0 radical (unpaired) electrons. The average molecular weight is 324 g/mol. The Morgan fingerprint density at radius 3 is 2.73 bits per heavy atom. The number of carbonyl (C=O) groups excluding carboxylic acids is 1. The van der Waals surface area contributed by atoms with Gasteiger partial charge in [-0.15, -0.1) is 11.3 Å². The van der Waals surface area contributed by atoms with Crippen LogP contribution < -0.4 is 0 Å². The van der Waals surface area contributed by atoms with Crippen LogP contribution in [0.2, 0.25) is 0 Å². The van der Waals surface area contributed by atoms with E-state index >= 15 is 0 Å². The molecule has 2 heterocycles. The third-order valence-corrected chi connectivity index (χ3v) is 4.89. The van der Waals surface area contributed by atoms with Gasteiger partial charge in [0.1, 0.15) is 6.10 Å². The van der Waals surface area contributed by atoms with Crippen LogP contribution in [-0.2, 0) is 20.8 Å². The van der Waals surface area contributed by atoms with Crippen LogP contribution in [0.5, 0.6) is 0 Å². The van der Waals surface area contributed by atoms with Crippen LogP contribution in [0.15, 0.2) is 12.7 Å². The van der Waals surface area contributed by atoms with Crippen LogP contribution in [0, 0.1) is 13.8 Å². The summed E-state index contributed by atoms with van der Waals surface area (Å²) in [7, 11) is 0. The van der Waals surface area contributed by atoms with Gasteiger partial charge in [-0.05, 0) is 40.7 Å². The maximum atomic E-state index is 12.3. The van der Waals surface area contributed by atoms with Crippen molar-refractivity contribution in [1.82, 2.24) is 9.88 Å². The maximum absolute atomic E-state index is 12.3. The molecule has 5 nitrogen and oxygen atoms in total. The number of aromatic nitrogens is 1. The van der Waals surface area contributed by atoms with Crippen LogP contribution in [0.1, 0.15) is 36.3 Å². The van der Waals surface area contributed by atoms with Gasteiger partial charge in [-0.2, -0.15) is 0 Å². The Hall–Kier alpha value is -1.24. The molecule has 122 valence electrons. The fraction of sp³-hybridized carbons (Fsp3) is 0.625. The molecule has 2 atom stereocenters. The predicted molar refractivity (Wildman–Crippen MR) is 86.7 cm³/mol. The standard InChI is InChI=1S/C16H24N2O3S/c1-7-15(19)18(8-14-10(2)17-12(4)22-14)11(3)13-9-20-16(5,6)21-13/h7,11,13H,1,8-9H2,2-6H3/t11-,13+/m0/s1. The van der Waals surface area contributed by atoms with Gasteiger partial charge in [0.25, 0.3) is 0 Å². The van der Waals surface area contributed by atoms with Crippen LogP contribution in [0.3, 0.4) is 0 Å². The van der Waals surface area contributed by atoms with Gasteiger partial charge < -0.3 is 14.4 Å². The van der Waals surface area contributed by atoms with Crippen LogP contribution in [-0.4, -0.2) is 40.3 Å². The van der Waals surface area contributed by atoms with Crippen LogP contribution in [0.25, 0.3) is 0 Å². The summed E-state index contributed by atoms with van der Waals surface area (Å²) >= 11 is 1.62. The van der Waals surface area contributed by atoms with E-state index in [2.05, 4.69) is 11.6 Å². The molecule has 1 amide bonds. The van der Waals surface area contributed by atoms with Gasteiger partial charge in [-0.3, -0.25) is 4.79 Å². The Morgan fingerprint density at radius 2 is 2.27 bits per heavy atom. The molecule has 0 spiro atoms. The normalized spacial score (nSPS) is 21.6. The first-order chi connectivity index (χ1) is 10.2. The Kier molecular flexibility index (Phi) is 5.04. The fourth-order valence-corrected chi connectivity index (χ4v) is 3.50. The molecule has 0 aromatic carbocycles. The van der Waals surface area contributed by atoms with Gasteiger partial charge in [0.2, 0.25) is 5.91 Å². The highest BCUT2D eigenvalue weighted by atomic mass is 32.1. The van der Waals surface area contributed by atoms with Gasteiger partial charge in [0.15, 0.2) is 5.79 Å². The highest BCUT2D eigenvalue weighted by Crippen LogP contribution is 2.28. The summed E-state index contributed by atoms with van der Waals surface area (Å²) in [5.74, 6) is -0.704. The van der Waals surface area contributed by atoms with Gasteiger partial charge in [0.05, 0.1) is 29.9 Å². The summed E-state index contributed by atoms with van der Waals surface area (Å²) < 4.78 is 11.5. The Morgan fingerprint density at radius 1 is 1.59 bits per heavy atom. The van der Waals surface area contributed by atoms with Crippen molar-refractivity contribution in [3.8, 4) is 0 Å². The van der Waals surface area contributed by atoms with Crippen molar-refractivity contribution in [3.05, 3.63) is 28.2 Å². The minimum Gasteiger partial charge on any atom is -0.348 e. The van der Waals surface area contributed by atoms with E-state index in [4.69, 9.17) is 9.47 Å². The molecule has 0 saturated carbocycles. The fourth-order valence-electron chi connectivity index (χ4n) is 2.57. The minimum absolute atomic E-state index is 0.103. The zero-order chi connectivity index (χ0) is 16.5. The first-order valence-corrected chi connectivity index (χ1v) is 8.23. The van der Waals surface area contributed by atoms with E-state index in [1.807, 2.05) is 34.6 Å². The second-order valence-electron chi connectivity index (χ2n) is 6.02. The van der Waals surface area contributed by atoms with E-state index in [9.17, 15) is 4.79 Å². The second kappa shape index (κ2) is 6.48. The third kappa shape index (κ3) is 3.74. The van der Waals surface area contributed by atoms with E-state index < -0.39 is 5.79 Å². The summed E-state index contributed by atoms with van der Waals surface area (Å²) in [6.07, 6.45) is 1.20. The van der Waals surface area contributed by atoms with E-state index in [1.54, 1.807) is 16.2 Å². The van der Waals surface area contributed by atoms with Crippen molar-refractivity contribution in [2.45, 2.75) is 59.1 Å². The lowest BCUT2D eigenvalue weighted by atomic mass is 10.1. The molecule has 1 fully saturated rings. The molecule has 0 bridgehead atoms. The number of hydrogen-bond donors (Lipinski definition) is 0. The summed E-state index contributed by atoms with van der Waals surface area (Å²) in [6.45, 7) is 14.3. The number of carbonyl (C=O) groups is 1. The molecule has 6 heteroatoms. The SMILES string of the molecule is C=CC(=O)N(Cc1sc(C)nc1C)[C@@H](C)[C@H]1COC(C)(C)O1. The van der Waals surface area contributed by atoms with Crippen LogP contribution in [0.4, 0.5) is 0 Å². The van der Waals surface area contributed by atoms with Gasteiger partial charge in [-0.1, -0.05) is 6.58 Å². The van der Waals surface area contributed by atoms with Gasteiger partial charge >= 0.3 is 0 Å². The molecule has 1 aromatic rings. The van der Waals surface area contributed by atoms with E-state index in [0.29, 0.717) is 13.2 Å². The molecule has 1 aromatic heterocycles. The zero-order valence-electron chi connectivity index (χ0n) is 13.9. The smallest absolute Gasteiger partial charge is 0.246 e. The quantitative estimate of drug-likeness (QED) is 0.782. The molecule has 22 heavy (non-hydrogen) atoms. The summed E-state index contributed by atoms with van der Waals surface area (Å²) in [4.78, 5) is 19.6. The highest BCUT2D eigenvalue weighted by molar-refractivity contribution is 7.11. The van der Waals surface area contributed by atoms with Gasteiger partial charge in [0, 0.05) is 4.88 Å². The van der Waals surface area contributed by atoms with Crippen molar-refractivity contribution >= 4 is 17.2 Å². The molecule has 1 aliphatic heterocycles. The Balaban J connectivity index is 2.17. The van der Waals surface area contributed by atoms with E-state index in [1.165, 1.54) is 6.08 Å². The topological polar surface area (TPSA) is 51.7 Å². The number of thiazole rings is 1. The third-order valence-electron chi connectivity index (χ3n) is 3.83. The predicted octanol–water partition coefficient (Wildman–Crippen LogP) is 2.81. The number of hydrogen-bond acceptors (Lipinski definition) is 5. The Bertz CT molecular complexity index is 568. The molecular weight excluding hydrogens is 300 g/mol.